The maximum absolute atomic E-state index is 12.6. The largest absolute Gasteiger partial charge is 0.478 e. The van der Waals surface area contributed by atoms with Crippen LogP contribution in [0.3, 0.4) is 0 Å². The molecule has 4 aliphatic carbocycles. The number of carboxylic acid groups (broad SMARTS) is 1. The first-order valence-electron chi connectivity index (χ1n) is 14.3. The summed E-state index contributed by atoms with van der Waals surface area (Å²) in [6, 6.07) is 0. The van der Waals surface area contributed by atoms with Gasteiger partial charge in [-0.1, -0.05) is 39.3 Å². The summed E-state index contributed by atoms with van der Waals surface area (Å²) >= 11 is 0. The fourth-order valence-electron chi connectivity index (χ4n) is 9.79. The van der Waals surface area contributed by atoms with E-state index in [-0.39, 0.29) is 40.1 Å². The van der Waals surface area contributed by atoms with Crippen LogP contribution in [0.2, 0.25) is 0 Å². The van der Waals surface area contributed by atoms with Crippen molar-refractivity contribution in [3.63, 3.8) is 0 Å². The maximum atomic E-state index is 12.6. The Hall–Kier alpha value is -1.66. The highest BCUT2D eigenvalue weighted by Crippen LogP contribution is 2.74. The van der Waals surface area contributed by atoms with Crippen LogP contribution in [0.25, 0.3) is 0 Å². The Morgan fingerprint density at radius 3 is 2.30 bits per heavy atom. The first-order chi connectivity index (χ1) is 17.2. The van der Waals surface area contributed by atoms with Gasteiger partial charge in [-0.3, -0.25) is 4.79 Å². The van der Waals surface area contributed by atoms with Crippen LogP contribution in [0.1, 0.15) is 99.8 Å². The summed E-state index contributed by atoms with van der Waals surface area (Å²) in [6.07, 6.45) is 6.22. The Balaban J connectivity index is 1.82. The maximum Gasteiger partial charge on any atom is 0.331 e. The average molecular weight is 517 g/mol. The van der Waals surface area contributed by atoms with Gasteiger partial charge in [0.1, 0.15) is 6.10 Å². The monoisotopic (exact) mass is 516 g/mol. The highest BCUT2D eigenvalue weighted by Gasteiger charge is 2.70. The predicted octanol–water partition coefficient (Wildman–Crippen LogP) is 5.67. The van der Waals surface area contributed by atoms with Gasteiger partial charge in [-0.25, -0.2) is 4.79 Å². The molecular weight excluding hydrogens is 468 g/mol. The predicted molar refractivity (Wildman–Crippen MR) is 143 cm³/mol. The quantitative estimate of drug-likeness (QED) is 0.247. The van der Waals surface area contributed by atoms with Gasteiger partial charge in [0.15, 0.2) is 0 Å². The summed E-state index contributed by atoms with van der Waals surface area (Å²) in [5.41, 5.74) is 1.57. The minimum absolute atomic E-state index is 0.0474. The number of carbonyl (C=O) groups excluding carboxylic acids is 1. The average Bonchev–Trinajstić information content (AvgIpc) is 3.05. The van der Waals surface area contributed by atoms with Crippen molar-refractivity contribution in [1.29, 1.82) is 0 Å². The third-order valence-electron chi connectivity index (χ3n) is 11.6. The summed E-state index contributed by atoms with van der Waals surface area (Å²) in [5, 5.41) is 32.9. The molecule has 4 fully saturated rings. The van der Waals surface area contributed by atoms with E-state index in [1.807, 2.05) is 19.9 Å². The number of hydrogen-bond acceptors (Lipinski definition) is 5. The number of esters is 1. The van der Waals surface area contributed by atoms with E-state index < -0.39 is 24.1 Å². The molecular formula is C31H48O6. The van der Waals surface area contributed by atoms with Gasteiger partial charge in [-0.05, 0) is 111 Å². The molecule has 3 N–H and O–H groups in total. The zero-order chi connectivity index (χ0) is 27.5. The van der Waals surface area contributed by atoms with E-state index in [0.717, 1.165) is 36.8 Å². The zero-order valence-corrected chi connectivity index (χ0v) is 23.8. The summed E-state index contributed by atoms with van der Waals surface area (Å²) in [4.78, 5) is 24.8. The van der Waals surface area contributed by atoms with E-state index in [1.165, 1.54) is 6.92 Å². The van der Waals surface area contributed by atoms with Gasteiger partial charge in [-0.15, -0.1) is 0 Å². The molecule has 0 aliphatic heterocycles. The molecule has 0 spiro atoms. The van der Waals surface area contributed by atoms with Gasteiger partial charge in [0.2, 0.25) is 0 Å². The van der Waals surface area contributed by atoms with Crippen LogP contribution in [-0.4, -0.2) is 45.6 Å². The fraction of sp³-hybridized carbons (Fsp3) is 0.806. The second kappa shape index (κ2) is 9.82. The van der Waals surface area contributed by atoms with E-state index in [1.54, 1.807) is 0 Å². The van der Waals surface area contributed by atoms with E-state index in [2.05, 4.69) is 27.7 Å². The molecule has 0 bridgehead atoms. The Labute approximate surface area is 222 Å². The molecule has 6 heteroatoms. The number of rotatable bonds is 5. The standard InChI is InChI=1S/C31H48O6/c1-17(2)9-8-10-20(28(35)36)26-22-15-24(34)27-29(5)13-12-23(33)18(3)21(29)11-14-30(27,6)31(22,7)16-25(26)37-19(4)32/h9,18,21-25,27,33-34H,8,10-16H2,1-7H3,(H,35,36)/b26-20-/t18-,21-,22-,23?,24?,25-,27-,29-,30-,31-/m1/s1. The summed E-state index contributed by atoms with van der Waals surface area (Å²) in [7, 11) is 0. The van der Waals surface area contributed by atoms with Crippen molar-refractivity contribution in [2.45, 2.75) is 118 Å². The van der Waals surface area contributed by atoms with Gasteiger partial charge in [0.25, 0.3) is 0 Å². The van der Waals surface area contributed by atoms with Crippen molar-refractivity contribution in [3.8, 4) is 0 Å². The van der Waals surface area contributed by atoms with Crippen LogP contribution in [0.5, 0.6) is 0 Å². The molecule has 37 heavy (non-hydrogen) atoms. The molecule has 4 saturated carbocycles. The molecule has 0 aromatic carbocycles. The van der Waals surface area contributed by atoms with Gasteiger partial charge in [0.05, 0.1) is 12.2 Å². The lowest BCUT2D eigenvalue weighted by atomic mass is 9.36. The second-order valence-electron chi connectivity index (χ2n) is 13.6. The molecule has 0 heterocycles. The molecule has 0 aromatic rings. The number of fused-ring (bicyclic) bond motifs is 5. The lowest BCUT2D eigenvalue weighted by molar-refractivity contribution is -0.234. The van der Waals surface area contributed by atoms with Crippen molar-refractivity contribution in [2.24, 2.45) is 39.9 Å². The normalized spacial score (nSPS) is 46.2. The summed E-state index contributed by atoms with van der Waals surface area (Å²) in [5.74, 6) is -0.909. The topological polar surface area (TPSA) is 104 Å². The third kappa shape index (κ3) is 4.40. The molecule has 0 amide bonds. The lowest BCUT2D eigenvalue weighted by Gasteiger charge is -2.69. The third-order valence-corrected chi connectivity index (χ3v) is 11.6. The smallest absolute Gasteiger partial charge is 0.331 e. The number of carboxylic acids is 1. The molecule has 4 rings (SSSR count). The molecule has 0 saturated heterocycles. The first-order valence-corrected chi connectivity index (χ1v) is 14.3. The van der Waals surface area contributed by atoms with Crippen molar-refractivity contribution in [1.82, 2.24) is 0 Å². The second-order valence-corrected chi connectivity index (χ2v) is 13.6. The van der Waals surface area contributed by atoms with Crippen LogP contribution in [-0.2, 0) is 14.3 Å². The molecule has 10 atom stereocenters. The van der Waals surface area contributed by atoms with Crippen LogP contribution < -0.4 is 0 Å². The number of ether oxygens (including phenoxy) is 1. The molecule has 0 radical (unpaired) electrons. The summed E-state index contributed by atoms with van der Waals surface area (Å²) < 4.78 is 5.87. The Bertz CT molecular complexity index is 994. The van der Waals surface area contributed by atoms with Gasteiger partial charge >= 0.3 is 11.9 Å². The van der Waals surface area contributed by atoms with Crippen molar-refractivity contribution in [2.75, 3.05) is 0 Å². The van der Waals surface area contributed by atoms with Crippen LogP contribution in [0.15, 0.2) is 22.8 Å². The number of aliphatic hydroxyl groups excluding tert-OH is 2. The van der Waals surface area contributed by atoms with E-state index in [9.17, 15) is 24.9 Å². The molecule has 208 valence electrons. The Morgan fingerprint density at radius 2 is 1.70 bits per heavy atom. The van der Waals surface area contributed by atoms with Crippen LogP contribution in [0.4, 0.5) is 0 Å². The van der Waals surface area contributed by atoms with E-state index in [0.29, 0.717) is 37.2 Å². The van der Waals surface area contributed by atoms with Crippen molar-refractivity contribution in [3.05, 3.63) is 22.8 Å². The number of carbonyl (C=O) groups is 2. The van der Waals surface area contributed by atoms with E-state index >= 15 is 0 Å². The van der Waals surface area contributed by atoms with Crippen LogP contribution >= 0.6 is 0 Å². The number of allylic oxidation sites excluding steroid dienone is 2. The van der Waals surface area contributed by atoms with E-state index in [4.69, 9.17) is 4.74 Å². The number of aliphatic hydroxyl groups is 2. The van der Waals surface area contributed by atoms with Crippen molar-refractivity contribution < 1.29 is 29.6 Å². The minimum atomic E-state index is -0.953. The van der Waals surface area contributed by atoms with Gasteiger partial charge in [0, 0.05) is 12.5 Å². The number of aliphatic carboxylic acids is 1. The van der Waals surface area contributed by atoms with Crippen molar-refractivity contribution >= 4 is 11.9 Å². The number of hydrogen-bond donors (Lipinski definition) is 3. The highest BCUT2D eigenvalue weighted by atomic mass is 16.5. The molecule has 6 nitrogen and oxygen atoms in total. The molecule has 0 aromatic heterocycles. The highest BCUT2D eigenvalue weighted by molar-refractivity contribution is 5.88. The molecule has 2 unspecified atom stereocenters. The zero-order valence-electron chi connectivity index (χ0n) is 23.8. The van der Waals surface area contributed by atoms with Gasteiger partial charge in [-0.2, -0.15) is 0 Å². The van der Waals surface area contributed by atoms with Gasteiger partial charge < -0.3 is 20.1 Å². The SMILES string of the molecule is CC(=O)O[C@@H]1C[C@]2(C)[C@H](CC(O)[C@@H]3[C@]4(C)CCC(O)[C@H](C)[C@H]4CC[C@]32C)/C1=C(\CCC=C(C)C)C(=O)O. The lowest BCUT2D eigenvalue weighted by Crippen LogP contribution is -2.65. The Morgan fingerprint density at radius 1 is 1.03 bits per heavy atom. The summed E-state index contributed by atoms with van der Waals surface area (Å²) in [6.45, 7) is 14.5. The first kappa shape index (κ1) is 28.4. The Kier molecular flexibility index (Phi) is 7.53. The molecule has 4 aliphatic rings. The van der Waals surface area contributed by atoms with Crippen LogP contribution in [0, 0.1) is 39.9 Å². The fourth-order valence-corrected chi connectivity index (χ4v) is 9.79. The minimum Gasteiger partial charge on any atom is -0.478 e.